The number of pyridine rings is 1. The van der Waals surface area contributed by atoms with Crippen LogP contribution in [-0.4, -0.2) is 23.1 Å². The third-order valence-electron chi connectivity index (χ3n) is 6.93. The molecule has 0 radical (unpaired) electrons. The van der Waals surface area contributed by atoms with Gasteiger partial charge in [-0.2, -0.15) is 0 Å². The highest BCUT2D eigenvalue weighted by Gasteiger charge is 2.22. The maximum absolute atomic E-state index is 14.9. The summed E-state index contributed by atoms with van der Waals surface area (Å²) in [5.74, 6) is 0.571. The van der Waals surface area contributed by atoms with E-state index in [0.29, 0.717) is 35.7 Å². The van der Waals surface area contributed by atoms with Crippen LogP contribution in [0.4, 0.5) is 14.6 Å². The topological polar surface area (TPSA) is 19.4 Å². The van der Waals surface area contributed by atoms with Crippen molar-refractivity contribution >= 4 is 5.82 Å². The Hall–Kier alpha value is -3.21. The summed E-state index contributed by atoms with van der Waals surface area (Å²) in [5, 5.41) is 0. The maximum atomic E-state index is 14.9. The van der Waals surface area contributed by atoms with Crippen molar-refractivity contribution in [3.8, 4) is 22.4 Å². The Balaban J connectivity index is 2.00. The summed E-state index contributed by atoms with van der Waals surface area (Å²) >= 11 is 0. The van der Waals surface area contributed by atoms with Gasteiger partial charge in [0.2, 0.25) is 0 Å². The number of hydrogen-bond donors (Lipinski definition) is 0. The van der Waals surface area contributed by atoms with Crippen molar-refractivity contribution in [3.05, 3.63) is 83.2 Å². The summed E-state index contributed by atoms with van der Waals surface area (Å²) in [6.07, 6.45) is 4.05. The van der Waals surface area contributed by atoms with E-state index in [1.165, 1.54) is 34.4 Å². The second-order valence-corrected chi connectivity index (χ2v) is 10.6. The highest BCUT2D eigenvalue weighted by Crippen LogP contribution is 2.41. The molecule has 0 amide bonds. The van der Waals surface area contributed by atoms with Crippen LogP contribution in [0.3, 0.4) is 0 Å². The first kappa shape index (κ1) is 25.9. The third kappa shape index (κ3) is 5.16. The molecule has 0 saturated heterocycles. The molecule has 3 nitrogen and oxygen atoms in total. The van der Waals surface area contributed by atoms with E-state index in [4.69, 9.17) is 4.98 Å². The van der Waals surface area contributed by atoms with Crippen LogP contribution in [0.2, 0.25) is 0 Å². The Morgan fingerprint density at radius 2 is 1.50 bits per heavy atom. The monoisotopic (exact) mass is 489 g/mol. The average molecular weight is 490 g/mol. The van der Waals surface area contributed by atoms with Crippen molar-refractivity contribution in [3.63, 3.8) is 0 Å². The van der Waals surface area contributed by atoms with E-state index in [2.05, 4.69) is 76.5 Å². The van der Waals surface area contributed by atoms with Gasteiger partial charge < -0.3 is 9.80 Å². The normalized spacial score (nSPS) is 13.7. The molecule has 1 aliphatic heterocycles. The molecular formula is C31H37F2N3. The van der Waals surface area contributed by atoms with E-state index in [1.807, 2.05) is 18.5 Å². The van der Waals surface area contributed by atoms with E-state index in [-0.39, 0.29) is 0 Å². The zero-order valence-electron chi connectivity index (χ0n) is 22.4. The van der Waals surface area contributed by atoms with Crippen molar-refractivity contribution < 1.29 is 8.78 Å². The SMILES string of the molecule is CCN1C=CN(c2cc(-c3c(C(C)C)cc(C(C)C)cc3C(C)C)cc(-c3ccc(F)cc3F)n2)C1. The maximum Gasteiger partial charge on any atom is 0.135 e. The van der Waals surface area contributed by atoms with Crippen molar-refractivity contribution in [2.75, 3.05) is 18.1 Å². The standard InChI is InChI=1S/C31H37F2N3/c1-8-35-11-12-36(18-35)30-16-23(15-29(34-30)25-10-9-24(32)17-28(25)33)31-26(20(4)5)13-22(19(2)3)14-27(31)21(6)7/h9-17,19-21H,8,18H2,1-7H3. The van der Waals surface area contributed by atoms with Gasteiger partial charge in [0.25, 0.3) is 0 Å². The minimum atomic E-state index is -0.610. The molecule has 36 heavy (non-hydrogen) atoms. The van der Waals surface area contributed by atoms with E-state index >= 15 is 0 Å². The van der Waals surface area contributed by atoms with Gasteiger partial charge in [0.15, 0.2) is 0 Å². The Morgan fingerprint density at radius 1 is 0.833 bits per heavy atom. The second-order valence-electron chi connectivity index (χ2n) is 10.6. The lowest BCUT2D eigenvalue weighted by atomic mass is 9.81. The predicted molar refractivity (Wildman–Crippen MR) is 146 cm³/mol. The molecule has 2 aromatic carbocycles. The summed E-state index contributed by atoms with van der Waals surface area (Å²) in [6.45, 7) is 17.0. The van der Waals surface area contributed by atoms with Crippen LogP contribution >= 0.6 is 0 Å². The zero-order valence-corrected chi connectivity index (χ0v) is 22.4. The van der Waals surface area contributed by atoms with Crippen molar-refractivity contribution in [1.82, 2.24) is 9.88 Å². The molecule has 0 unspecified atom stereocenters. The molecule has 0 saturated carbocycles. The predicted octanol–water partition coefficient (Wildman–Crippen LogP) is 8.63. The van der Waals surface area contributed by atoms with Crippen LogP contribution < -0.4 is 4.90 Å². The molecule has 4 rings (SSSR count). The summed E-state index contributed by atoms with van der Waals surface area (Å²) in [6, 6.07) is 12.4. The Morgan fingerprint density at radius 3 is 2.03 bits per heavy atom. The lowest BCUT2D eigenvalue weighted by Gasteiger charge is -2.25. The first-order valence-electron chi connectivity index (χ1n) is 12.9. The summed E-state index contributed by atoms with van der Waals surface area (Å²) in [5.41, 5.74) is 6.87. The largest absolute Gasteiger partial charge is 0.358 e. The van der Waals surface area contributed by atoms with E-state index in [9.17, 15) is 8.78 Å². The highest BCUT2D eigenvalue weighted by atomic mass is 19.1. The molecule has 0 spiro atoms. The van der Waals surface area contributed by atoms with Crippen LogP contribution in [-0.2, 0) is 0 Å². The fourth-order valence-corrected chi connectivity index (χ4v) is 4.75. The van der Waals surface area contributed by atoms with Crippen LogP contribution in [0.25, 0.3) is 22.4 Å². The molecule has 2 heterocycles. The molecule has 0 fully saturated rings. The minimum absolute atomic E-state index is 0.297. The summed E-state index contributed by atoms with van der Waals surface area (Å²) < 4.78 is 28.7. The zero-order chi connectivity index (χ0) is 26.1. The fourth-order valence-electron chi connectivity index (χ4n) is 4.75. The van der Waals surface area contributed by atoms with Crippen molar-refractivity contribution in [1.29, 1.82) is 0 Å². The molecule has 0 aliphatic carbocycles. The number of nitrogens with zero attached hydrogens (tertiary/aromatic N) is 3. The quantitative estimate of drug-likeness (QED) is 0.331. The molecule has 190 valence electrons. The minimum Gasteiger partial charge on any atom is -0.358 e. The first-order valence-corrected chi connectivity index (χ1v) is 12.9. The summed E-state index contributed by atoms with van der Waals surface area (Å²) in [4.78, 5) is 9.11. The molecule has 0 N–H and O–H groups in total. The Bertz CT molecular complexity index is 1250. The Kier molecular flexibility index (Phi) is 7.49. The van der Waals surface area contributed by atoms with Gasteiger partial charge in [-0.15, -0.1) is 0 Å². The van der Waals surface area contributed by atoms with Crippen LogP contribution in [0, 0.1) is 11.6 Å². The number of rotatable bonds is 7. The highest BCUT2D eigenvalue weighted by molar-refractivity contribution is 5.79. The van der Waals surface area contributed by atoms with Crippen LogP contribution in [0.5, 0.6) is 0 Å². The number of aromatic nitrogens is 1. The second kappa shape index (κ2) is 10.4. The molecule has 0 atom stereocenters. The van der Waals surface area contributed by atoms with Gasteiger partial charge in [-0.3, -0.25) is 0 Å². The van der Waals surface area contributed by atoms with Gasteiger partial charge in [0.05, 0.1) is 12.4 Å². The van der Waals surface area contributed by atoms with E-state index in [0.717, 1.165) is 24.0 Å². The molecule has 5 heteroatoms. The Labute approximate surface area is 214 Å². The molecular weight excluding hydrogens is 452 g/mol. The average Bonchev–Trinajstić information content (AvgIpc) is 3.32. The van der Waals surface area contributed by atoms with Gasteiger partial charge in [0.1, 0.15) is 17.5 Å². The molecule has 1 aliphatic rings. The van der Waals surface area contributed by atoms with E-state index in [1.54, 1.807) is 0 Å². The van der Waals surface area contributed by atoms with E-state index < -0.39 is 11.6 Å². The number of halogens is 2. The lowest BCUT2D eigenvalue weighted by molar-refractivity contribution is 0.429. The number of anilines is 1. The molecule has 0 bridgehead atoms. The number of hydrogen-bond acceptors (Lipinski definition) is 3. The van der Waals surface area contributed by atoms with Gasteiger partial charge in [-0.25, -0.2) is 13.8 Å². The lowest BCUT2D eigenvalue weighted by Crippen LogP contribution is -2.25. The summed E-state index contributed by atoms with van der Waals surface area (Å²) in [7, 11) is 0. The smallest absolute Gasteiger partial charge is 0.135 e. The molecule has 3 aromatic rings. The fraction of sp³-hybridized carbons (Fsp3) is 0.387. The van der Waals surface area contributed by atoms with Gasteiger partial charge in [-0.05, 0) is 76.8 Å². The third-order valence-corrected chi connectivity index (χ3v) is 6.93. The van der Waals surface area contributed by atoms with Crippen LogP contribution in [0.1, 0.15) is 82.9 Å². The molecule has 1 aromatic heterocycles. The van der Waals surface area contributed by atoms with Crippen molar-refractivity contribution in [2.45, 2.75) is 66.2 Å². The number of benzene rings is 2. The van der Waals surface area contributed by atoms with Gasteiger partial charge in [-0.1, -0.05) is 53.7 Å². The van der Waals surface area contributed by atoms with Gasteiger partial charge in [0, 0.05) is 30.6 Å². The first-order chi connectivity index (χ1) is 17.1. The van der Waals surface area contributed by atoms with Crippen molar-refractivity contribution in [2.24, 2.45) is 0 Å². The van der Waals surface area contributed by atoms with Crippen LogP contribution in [0.15, 0.2) is 54.9 Å². The van der Waals surface area contributed by atoms with Gasteiger partial charge >= 0.3 is 0 Å².